The molecule has 0 saturated carbocycles. The molecule has 2 rings (SSSR count). The summed E-state index contributed by atoms with van der Waals surface area (Å²) in [6, 6.07) is 4.42. The first-order chi connectivity index (χ1) is 8.44. The largest absolute Gasteiger partial charge is 0.380 e. The summed E-state index contributed by atoms with van der Waals surface area (Å²) in [6.45, 7) is 1.31. The highest BCUT2D eigenvalue weighted by molar-refractivity contribution is 7.92. The number of halogens is 1. The third-order valence-electron chi connectivity index (χ3n) is 2.56. The third kappa shape index (κ3) is 3.58. The lowest BCUT2D eigenvalue weighted by molar-refractivity contribution is 0.195. The molecule has 1 fully saturated rings. The number of hydrogen-bond acceptors (Lipinski definition) is 4. The van der Waals surface area contributed by atoms with Gasteiger partial charge < -0.3 is 10.1 Å². The smallest absolute Gasteiger partial charge is 0.229 e. The number of rotatable bonds is 4. The van der Waals surface area contributed by atoms with E-state index in [2.05, 4.69) is 10.0 Å². The topological polar surface area (TPSA) is 67.4 Å². The lowest BCUT2D eigenvalue weighted by Gasteiger charge is -2.14. The fourth-order valence-electron chi connectivity index (χ4n) is 1.78. The van der Waals surface area contributed by atoms with Crippen molar-refractivity contribution in [1.82, 2.24) is 0 Å². The van der Waals surface area contributed by atoms with Gasteiger partial charge in [0, 0.05) is 12.3 Å². The van der Waals surface area contributed by atoms with Gasteiger partial charge in [-0.25, -0.2) is 12.8 Å². The molecule has 0 radical (unpaired) electrons. The quantitative estimate of drug-likeness (QED) is 0.871. The van der Waals surface area contributed by atoms with Gasteiger partial charge in [-0.05, 0) is 24.6 Å². The predicted molar refractivity (Wildman–Crippen MR) is 67.7 cm³/mol. The van der Waals surface area contributed by atoms with Crippen LogP contribution in [0.25, 0.3) is 0 Å². The number of benzene rings is 1. The van der Waals surface area contributed by atoms with Crippen LogP contribution in [0, 0.1) is 5.82 Å². The minimum Gasteiger partial charge on any atom is -0.380 e. The average molecular weight is 274 g/mol. The van der Waals surface area contributed by atoms with Crippen LogP contribution in [-0.4, -0.2) is 33.9 Å². The predicted octanol–water partition coefficient (Wildman–Crippen LogP) is 1.40. The molecule has 1 saturated heterocycles. The van der Waals surface area contributed by atoms with Gasteiger partial charge >= 0.3 is 0 Å². The summed E-state index contributed by atoms with van der Waals surface area (Å²) in [5, 5.41) is 3.17. The Morgan fingerprint density at radius 2 is 2.22 bits per heavy atom. The monoisotopic (exact) mass is 274 g/mol. The maximum Gasteiger partial charge on any atom is 0.229 e. The van der Waals surface area contributed by atoms with E-state index in [1.807, 2.05) is 0 Å². The molecule has 1 aliphatic heterocycles. The van der Waals surface area contributed by atoms with E-state index < -0.39 is 15.8 Å². The van der Waals surface area contributed by atoms with Crippen molar-refractivity contribution in [3.63, 3.8) is 0 Å². The Morgan fingerprint density at radius 3 is 2.83 bits per heavy atom. The van der Waals surface area contributed by atoms with Gasteiger partial charge in [0.25, 0.3) is 0 Å². The number of sulfonamides is 1. The van der Waals surface area contributed by atoms with Crippen LogP contribution in [0.4, 0.5) is 15.8 Å². The van der Waals surface area contributed by atoms with Gasteiger partial charge in [0.15, 0.2) is 0 Å². The molecule has 18 heavy (non-hydrogen) atoms. The second-order valence-corrected chi connectivity index (χ2v) is 6.02. The van der Waals surface area contributed by atoms with Crippen molar-refractivity contribution in [3.05, 3.63) is 24.0 Å². The van der Waals surface area contributed by atoms with Crippen LogP contribution in [0.1, 0.15) is 6.42 Å². The molecular formula is C11H15FN2O3S. The minimum atomic E-state index is -3.49. The Morgan fingerprint density at radius 1 is 1.44 bits per heavy atom. The maximum absolute atomic E-state index is 13.4. The van der Waals surface area contributed by atoms with E-state index >= 15 is 0 Å². The Balaban J connectivity index is 2.15. The van der Waals surface area contributed by atoms with Crippen LogP contribution in [0.3, 0.4) is 0 Å². The van der Waals surface area contributed by atoms with Crippen LogP contribution in [-0.2, 0) is 14.8 Å². The summed E-state index contributed by atoms with van der Waals surface area (Å²) in [5.41, 5.74) is 0.611. The molecule has 1 unspecified atom stereocenters. The summed E-state index contributed by atoms with van der Waals surface area (Å²) >= 11 is 0. The van der Waals surface area contributed by atoms with Crippen molar-refractivity contribution in [3.8, 4) is 0 Å². The normalized spacial score (nSPS) is 19.8. The first-order valence-corrected chi connectivity index (χ1v) is 7.45. The Labute approximate surface area is 105 Å². The summed E-state index contributed by atoms with van der Waals surface area (Å²) in [4.78, 5) is 0. The van der Waals surface area contributed by atoms with Crippen molar-refractivity contribution in [2.45, 2.75) is 12.5 Å². The van der Waals surface area contributed by atoms with E-state index in [-0.39, 0.29) is 11.7 Å². The molecule has 0 aliphatic carbocycles. The highest BCUT2D eigenvalue weighted by atomic mass is 32.2. The van der Waals surface area contributed by atoms with Crippen LogP contribution < -0.4 is 10.0 Å². The molecule has 100 valence electrons. The van der Waals surface area contributed by atoms with Gasteiger partial charge in [0.2, 0.25) is 10.0 Å². The van der Waals surface area contributed by atoms with Crippen molar-refractivity contribution in [2.24, 2.45) is 0 Å². The Kier molecular flexibility index (Phi) is 3.72. The lowest BCUT2D eigenvalue weighted by Crippen LogP contribution is -2.19. The van der Waals surface area contributed by atoms with E-state index in [9.17, 15) is 12.8 Å². The molecular weight excluding hydrogens is 259 g/mol. The van der Waals surface area contributed by atoms with Crippen molar-refractivity contribution >= 4 is 21.4 Å². The highest BCUT2D eigenvalue weighted by Crippen LogP contribution is 2.22. The van der Waals surface area contributed by atoms with Crippen molar-refractivity contribution < 1.29 is 17.5 Å². The van der Waals surface area contributed by atoms with E-state index in [1.165, 1.54) is 12.1 Å². The van der Waals surface area contributed by atoms with Gasteiger partial charge in [-0.15, -0.1) is 0 Å². The van der Waals surface area contributed by atoms with E-state index in [4.69, 9.17) is 4.74 Å². The first kappa shape index (κ1) is 13.1. The molecule has 1 atom stereocenters. The van der Waals surface area contributed by atoms with Crippen LogP contribution in [0.5, 0.6) is 0 Å². The van der Waals surface area contributed by atoms with E-state index in [1.54, 1.807) is 6.07 Å². The second-order valence-electron chi connectivity index (χ2n) is 4.27. The molecule has 1 aromatic rings. The maximum atomic E-state index is 13.4. The number of hydrogen-bond donors (Lipinski definition) is 2. The summed E-state index contributed by atoms with van der Waals surface area (Å²) < 4.78 is 43.0. The van der Waals surface area contributed by atoms with Crippen molar-refractivity contribution in [2.75, 3.05) is 29.5 Å². The zero-order valence-electron chi connectivity index (χ0n) is 9.94. The van der Waals surface area contributed by atoms with Gasteiger partial charge in [0.1, 0.15) is 5.82 Å². The molecule has 0 aromatic heterocycles. The number of nitrogens with one attached hydrogen (secondary N) is 2. The van der Waals surface area contributed by atoms with Gasteiger partial charge in [0.05, 0.1) is 24.6 Å². The minimum absolute atomic E-state index is 0.0542. The van der Waals surface area contributed by atoms with E-state index in [0.717, 1.165) is 12.7 Å². The fraction of sp³-hybridized carbons (Fsp3) is 0.455. The SMILES string of the molecule is CS(=O)(=O)Nc1cc(NC2CCOC2)ccc1F. The molecule has 0 spiro atoms. The van der Waals surface area contributed by atoms with Gasteiger partial charge in [-0.3, -0.25) is 4.72 Å². The highest BCUT2D eigenvalue weighted by Gasteiger charge is 2.16. The standard InChI is InChI=1S/C11H15FN2O3S/c1-18(15,16)14-11-6-8(2-3-10(11)12)13-9-4-5-17-7-9/h2-3,6,9,13-14H,4-5,7H2,1H3. The first-order valence-electron chi connectivity index (χ1n) is 5.56. The molecule has 1 aromatic carbocycles. The molecule has 0 amide bonds. The second kappa shape index (κ2) is 5.11. The Hall–Kier alpha value is -1.34. The van der Waals surface area contributed by atoms with E-state index in [0.29, 0.717) is 18.9 Å². The molecule has 1 aliphatic rings. The zero-order valence-corrected chi connectivity index (χ0v) is 10.8. The van der Waals surface area contributed by atoms with Gasteiger partial charge in [-0.2, -0.15) is 0 Å². The summed E-state index contributed by atoms with van der Waals surface area (Å²) in [7, 11) is -3.49. The molecule has 2 N–H and O–H groups in total. The van der Waals surface area contributed by atoms with Crippen molar-refractivity contribution in [1.29, 1.82) is 0 Å². The summed E-state index contributed by atoms with van der Waals surface area (Å²) in [6.07, 6.45) is 1.86. The number of ether oxygens (including phenoxy) is 1. The third-order valence-corrected chi connectivity index (χ3v) is 3.15. The number of anilines is 2. The van der Waals surface area contributed by atoms with Crippen LogP contribution in [0.15, 0.2) is 18.2 Å². The van der Waals surface area contributed by atoms with Gasteiger partial charge in [-0.1, -0.05) is 0 Å². The molecule has 5 nitrogen and oxygen atoms in total. The van der Waals surface area contributed by atoms with Crippen LogP contribution in [0.2, 0.25) is 0 Å². The molecule has 0 bridgehead atoms. The summed E-state index contributed by atoms with van der Waals surface area (Å²) in [5.74, 6) is -0.603. The molecule has 7 heteroatoms. The average Bonchev–Trinajstić information content (AvgIpc) is 2.74. The Bertz CT molecular complexity index is 527. The zero-order chi connectivity index (χ0) is 13.2. The lowest BCUT2D eigenvalue weighted by atomic mass is 10.2. The molecule has 1 heterocycles. The van der Waals surface area contributed by atoms with Crippen LogP contribution >= 0.6 is 0 Å². The fourth-order valence-corrected chi connectivity index (χ4v) is 2.33.